The number of hydrogen-bond donors (Lipinski definition) is 2. The number of rotatable bonds is 6. The van der Waals surface area contributed by atoms with E-state index in [0.29, 0.717) is 30.0 Å². The summed E-state index contributed by atoms with van der Waals surface area (Å²) in [7, 11) is 0. The molecule has 0 heterocycles. The Balaban J connectivity index is 2.43. The number of carbonyl (C=O) groups is 2. The second-order valence-electron chi connectivity index (χ2n) is 4.60. The first-order valence-electron chi connectivity index (χ1n) is 6.19. The molecule has 1 aromatic carbocycles. The SMILES string of the molecule is Cc1ccc(Cl)cc1C(=O)NCCCC(C)C(=O)O. The van der Waals surface area contributed by atoms with Crippen molar-refractivity contribution in [1.29, 1.82) is 0 Å². The first-order chi connectivity index (χ1) is 8.91. The molecule has 1 rings (SSSR count). The molecule has 0 radical (unpaired) electrons. The summed E-state index contributed by atoms with van der Waals surface area (Å²) in [6.07, 6.45) is 1.18. The molecule has 4 nitrogen and oxygen atoms in total. The molecule has 1 aromatic rings. The number of hydrogen-bond acceptors (Lipinski definition) is 2. The van der Waals surface area contributed by atoms with Gasteiger partial charge in [0.2, 0.25) is 0 Å². The highest BCUT2D eigenvalue weighted by Crippen LogP contribution is 2.15. The highest BCUT2D eigenvalue weighted by Gasteiger charge is 2.11. The van der Waals surface area contributed by atoms with Crippen LogP contribution in [0, 0.1) is 12.8 Å². The lowest BCUT2D eigenvalue weighted by atomic mass is 10.1. The Bertz CT molecular complexity index is 474. The van der Waals surface area contributed by atoms with Gasteiger partial charge < -0.3 is 10.4 Å². The molecular formula is C14H18ClNO3. The van der Waals surface area contributed by atoms with Crippen LogP contribution in [0.4, 0.5) is 0 Å². The fraction of sp³-hybridized carbons (Fsp3) is 0.429. The molecule has 1 amide bonds. The van der Waals surface area contributed by atoms with Crippen LogP contribution in [0.1, 0.15) is 35.7 Å². The van der Waals surface area contributed by atoms with Crippen molar-refractivity contribution in [3.63, 3.8) is 0 Å². The van der Waals surface area contributed by atoms with Crippen molar-refractivity contribution in [1.82, 2.24) is 5.32 Å². The summed E-state index contributed by atoms with van der Waals surface area (Å²) in [5, 5.41) is 12.0. The molecule has 0 aliphatic heterocycles. The third-order valence-corrected chi connectivity index (χ3v) is 3.20. The lowest BCUT2D eigenvalue weighted by Crippen LogP contribution is -2.25. The standard InChI is InChI=1S/C14H18ClNO3/c1-9-5-6-11(15)8-12(9)13(17)16-7-3-4-10(2)14(18)19/h5-6,8,10H,3-4,7H2,1-2H3,(H,16,17)(H,18,19). The van der Waals surface area contributed by atoms with Crippen LogP contribution < -0.4 is 5.32 Å². The Morgan fingerprint density at radius 1 is 1.42 bits per heavy atom. The van der Waals surface area contributed by atoms with Crippen LogP contribution in [0.15, 0.2) is 18.2 Å². The van der Waals surface area contributed by atoms with Gasteiger partial charge in [0.1, 0.15) is 0 Å². The van der Waals surface area contributed by atoms with Gasteiger partial charge in [-0.25, -0.2) is 0 Å². The zero-order valence-corrected chi connectivity index (χ0v) is 11.8. The van der Waals surface area contributed by atoms with Gasteiger partial charge in [0, 0.05) is 17.1 Å². The quantitative estimate of drug-likeness (QED) is 0.789. The minimum atomic E-state index is -0.808. The Kier molecular flexibility index (Phi) is 5.83. The summed E-state index contributed by atoms with van der Waals surface area (Å²) >= 11 is 5.85. The first kappa shape index (κ1) is 15.5. The summed E-state index contributed by atoms with van der Waals surface area (Å²) < 4.78 is 0. The van der Waals surface area contributed by atoms with Crippen molar-refractivity contribution < 1.29 is 14.7 Å². The van der Waals surface area contributed by atoms with E-state index in [1.165, 1.54) is 0 Å². The van der Waals surface area contributed by atoms with E-state index in [1.54, 1.807) is 25.1 Å². The van der Waals surface area contributed by atoms with Gasteiger partial charge in [-0.05, 0) is 37.5 Å². The second-order valence-corrected chi connectivity index (χ2v) is 5.03. The van der Waals surface area contributed by atoms with Gasteiger partial charge in [0.25, 0.3) is 5.91 Å². The number of carboxylic acid groups (broad SMARTS) is 1. The second kappa shape index (κ2) is 7.14. The molecule has 19 heavy (non-hydrogen) atoms. The largest absolute Gasteiger partial charge is 0.481 e. The molecule has 5 heteroatoms. The number of halogens is 1. The molecule has 0 spiro atoms. The minimum absolute atomic E-state index is 0.178. The monoisotopic (exact) mass is 283 g/mol. The predicted molar refractivity (Wildman–Crippen MR) is 74.6 cm³/mol. The molecular weight excluding hydrogens is 266 g/mol. The first-order valence-corrected chi connectivity index (χ1v) is 6.56. The Morgan fingerprint density at radius 2 is 2.11 bits per heavy atom. The molecule has 0 saturated carbocycles. The number of amides is 1. The van der Waals surface area contributed by atoms with Crippen molar-refractivity contribution in [2.75, 3.05) is 6.54 Å². The van der Waals surface area contributed by atoms with E-state index >= 15 is 0 Å². The van der Waals surface area contributed by atoms with Gasteiger partial charge in [0.15, 0.2) is 0 Å². The molecule has 0 saturated heterocycles. The van der Waals surface area contributed by atoms with Gasteiger partial charge in [-0.1, -0.05) is 24.6 Å². The summed E-state index contributed by atoms with van der Waals surface area (Å²) in [5.74, 6) is -1.37. The Morgan fingerprint density at radius 3 is 2.74 bits per heavy atom. The van der Waals surface area contributed by atoms with E-state index in [9.17, 15) is 9.59 Å². The highest BCUT2D eigenvalue weighted by molar-refractivity contribution is 6.31. The molecule has 0 aliphatic rings. The summed E-state index contributed by atoms with van der Waals surface area (Å²) in [5.41, 5.74) is 1.42. The van der Waals surface area contributed by atoms with Crippen LogP contribution in [-0.2, 0) is 4.79 Å². The van der Waals surface area contributed by atoms with Crippen molar-refractivity contribution in [3.8, 4) is 0 Å². The molecule has 1 atom stereocenters. The van der Waals surface area contributed by atoms with Gasteiger partial charge in [-0.3, -0.25) is 9.59 Å². The molecule has 1 unspecified atom stereocenters. The maximum atomic E-state index is 11.9. The average molecular weight is 284 g/mol. The van der Waals surface area contributed by atoms with Crippen LogP contribution >= 0.6 is 11.6 Å². The minimum Gasteiger partial charge on any atom is -0.481 e. The van der Waals surface area contributed by atoms with Gasteiger partial charge in [-0.15, -0.1) is 0 Å². The van der Waals surface area contributed by atoms with Crippen molar-refractivity contribution >= 4 is 23.5 Å². The Labute approximate surface area is 117 Å². The van der Waals surface area contributed by atoms with Crippen LogP contribution in [0.25, 0.3) is 0 Å². The van der Waals surface area contributed by atoms with Crippen LogP contribution in [0.3, 0.4) is 0 Å². The van der Waals surface area contributed by atoms with Crippen molar-refractivity contribution in [2.24, 2.45) is 5.92 Å². The van der Waals surface area contributed by atoms with E-state index in [2.05, 4.69) is 5.32 Å². The van der Waals surface area contributed by atoms with Crippen LogP contribution in [-0.4, -0.2) is 23.5 Å². The molecule has 104 valence electrons. The van der Waals surface area contributed by atoms with E-state index in [0.717, 1.165) is 5.56 Å². The van der Waals surface area contributed by atoms with Crippen molar-refractivity contribution in [2.45, 2.75) is 26.7 Å². The molecule has 2 N–H and O–H groups in total. The lowest BCUT2D eigenvalue weighted by molar-refractivity contribution is -0.141. The van der Waals surface area contributed by atoms with E-state index in [-0.39, 0.29) is 11.8 Å². The summed E-state index contributed by atoms with van der Waals surface area (Å²) in [6.45, 7) is 3.96. The molecule has 0 bridgehead atoms. The highest BCUT2D eigenvalue weighted by atomic mass is 35.5. The third-order valence-electron chi connectivity index (χ3n) is 2.97. The van der Waals surface area contributed by atoms with E-state index in [4.69, 9.17) is 16.7 Å². The van der Waals surface area contributed by atoms with Gasteiger partial charge in [-0.2, -0.15) is 0 Å². The van der Waals surface area contributed by atoms with Gasteiger partial charge in [0.05, 0.1) is 5.92 Å². The molecule has 0 aromatic heterocycles. The predicted octanol–water partition coefficient (Wildman–Crippen LogP) is 2.88. The fourth-order valence-corrected chi connectivity index (χ4v) is 1.84. The number of carboxylic acids is 1. The zero-order valence-electron chi connectivity index (χ0n) is 11.1. The van der Waals surface area contributed by atoms with E-state index < -0.39 is 5.97 Å². The number of nitrogens with one attached hydrogen (secondary N) is 1. The number of carbonyl (C=O) groups excluding carboxylic acids is 1. The zero-order chi connectivity index (χ0) is 14.4. The van der Waals surface area contributed by atoms with Crippen LogP contribution in [0.5, 0.6) is 0 Å². The smallest absolute Gasteiger partial charge is 0.306 e. The average Bonchev–Trinajstić information content (AvgIpc) is 2.36. The normalized spacial score (nSPS) is 11.9. The number of aliphatic carboxylic acids is 1. The molecule has 0 fully saturated rings. The topological polar surface area (TPSA) is 66.4 Å². The van der Waals surface area contributed by atoms with E-state index in [1.807, 2.05) is 6.92 Å². The Hall–Kier alpha value is -1.55. The third kappa shape index (κ3) is 4.91. The van der Waals surface area contributed by atoms with Crippen LogP contribution in [0.2, 0.25) is 5.02 Å². The number of benzene rings is 1. The summed E-state index contributed by atoms with van der Waals surface area (Å²) in [6, 6.07) is 5.16. The van der Waals surface area contributed by atoms with Crippen molar-refractivity contribution in [3.05, 3.63) is 34.3 Å². The lowest BCUT2D eigenvalue weighted by Gasteiger charge is -2.09. The molecule has 0 aliphatic carbocycles. The maximum Gasteiger partial charge on any atom is 0.306 e. The fourth-order valence-electron chi connectivity index (χ4n) is 1.67. The summed E-state index contributed by atoms with van der Waals surface area (Å²) in [4.78, 5) is 22.5. The maximum absolute atomic E-state index is 11.9. The number of aryl methyl sites for hydroxylation is 1. The van der Waals surface area contributed by atoms with Gasteiger partial charge >= 0.3 is 5.97 Å².